The van der Waals surface area contributed by atoms with E-state index in [0.29, 0.717) is 6.04 Å². The molecule has 4 heteroatoms. The highest BCUT2D eigenvalue weighted by molar-refractivity contribution is 5.27. The summed E-state index contributed by atoms with van der Waals surface area (Å²) in [6, 6.07) is 0.524. The predicted octanol–water partition coefficient (Wildman–Crippen LogP) is 1.49. The first-order chi connectivity index (χ1) is 6.90. The molecule has 14 heavy (non-hydrogen) atoms. The van der Waals surface area contributed by atoms with Crippen LogP contribution in [0.15, 0.2) is 12.4 Å². The molecule has 0 saturated carbocycles. The van der Waals surface area contributed by atoms with Gasteiger partial charge in [0.1, 0.15) is 0 Å². The van der Waals surface area contributed by atoms with Gasteiger partial charge in [-0.05, 0) is 19.8 Å². The van der Waals surface area contributed by atoms with E-state index in [4.69, 9.17) is 4.74 Å². The fraction of sp³-hybridized carbons (Fsp3) is 0.700. The van der Waals surface area contributed by atoms with Crippen molar-refractivity contribution in [3.05, 3.63) is 12.4 Å². The van der Waals surface area contributed by atoms with Crippen molar-refractivity contribution < 1.29 is 4.74 Å². The first kappa shape index (κ1) is 9.52. The molecule has 1 aliphatic rings. The molecule has 1 saturated heterocycles. The topological polar surface area (TPSA) is 39.1 Å². The van der Waals surface area contributed by atoms with Crippen molar-refractivity contribution in [1.82, 2.24) is 9.55 Å². The van der Waals surface area contributed by atoms with Gasteiger partial charge < -0.3 is 14.6 Å². The van der Waals surface area contributed by atoms with Gasteiger partial charge in [-0.2, -0.15) is 0 Å². The van der Waals surface area contributed by atoms with Gasteiger partial charge in [0.25, 0.3) is 0 Å². The molecule has 0 amide bonds. The summed E-state index contributed by atoms with van der Waals surface area (Å²) in [7, 11) is 0. The summed E-state index contributed by atoms with van der Waals surface area (Å²) < 4.78 is 7.43. The fourth-order valence-electron chi connectivity index (χ4n) is 1.73. The lowest BCUT2D eigenvalue weighted by Gasteiger charge is -2.23. The third-order valence-electron chi connectivity index (χ3n) is 2.61. The number of ether oxygens (including phenoxy) is 1. The molecule has 1 aliphatic heterocycles. The second kappa shape index (κ2) is 4.46. The van der Waals surface area contributed by atoms with Gasteiger partial charge in [0.05, 0.1) is 0 Å². The Hall–Kier alpha value is -1.03. The first-order valence-electron chi connectivity index (χ1n) is 5.25. The van der Waals surface area contributed by atoms with Crippen LogP contribution in [0.2, 0.25) is 0 Å². The lowest BCUT2D eigenvalue weighted by Crippen LogP contribution is -2.29. The Morgan fingerprint density at radius 1 is 1.57 bits per heavy atom. The molecular weight excluding hydrogens is 178 g/mol. The van der Waals surface area contributed by atoms with E-state index in [1.807, 2.05) is 12.4 Å². The lowest BCUT2D eigenvalue weighted by atomic mass is 10.1. The zero-order valence-electron chi connectivity index (χ0n) is 8.57. The molecule has 0 spiro atoms. The molecule has 1 aromatic rings. The van der Waals surface area contributed by atoms with Gasteiger partial charge in [0.2, 0.25) is 5.95 Å². The molecule has 2 heterocycles. The molecule has 2 rings (SSSR count). The van der Waals surface area contributed by atoms with Gasteiger partial charge in [-0.25, -0.2) is 4.98 Å². The van der Waals surface area contributed by atoms with Gasteiger partial charge in [0.15, 0.2) is 0 Å². The SMILES string of the molecule is CCn1ccnc1NC1CCOCC1. The summed E-state index contributed by atoms with van der Waals surface area (Å²) >= 11 is 0. The van der Waals surface area contributed by atoms with Crippen molar-refractivity contribution in [2.75, 3.05) is 18.5 Å². The Morgan fingerprint density at radius 3 is 3.07 bits per heavy atom. The average molecular weight is 195 g/mol. The molecule has 0 aliphatic carbocycles. The normalized spacial score (nSPS) is 18.4. The summed E-state index contributed by atoms with van der Waals surface area (Å²) in [5.74, 6) is 0.986. The number of aryl methyl sites for hydroxylation is 1. The van der Waals surface area contributed by atoms with E-state index in [1.54, 1.807) is 0 Å². The van der Waals surface area contributed by atoms with Crippen LogP contribution >= 0.6 is 0 Å². The van der Waals surface area contributed by atoms with Gasteiger partial charge in [-0.15, -0.1) is 0 Å². The van der Waals surface area contributed by atoms with E-state index >= 15 is 0 Å². The molecule has 0 unspecified atom stereocenters. The van der Waals surface area contributed by atoms with Crippen molar-refractivity contribution in [3.8, 4) is 0 Å². The Labute approximate surface area is 84.3 Å². The van der Waals surface area contributed by atoms with Crippen LogP contribution in [0.5, 0.6) is 0 Å². The smallest absolute Gasteiger partial charge is 0.202 e. The maximum absolute atomic E-state index is 5.31. The van der Waals surface area contributed by atoms with Crippen LogP contribution in [-0.2, 0) is 11.3 Å². The van der Waals surface area contributed by atoms with E-state index in [2.05, 4.69) is 21.8 Å². The van der Waals surface area contributed by atoms with Crippen molar-refractivity contribution >= 4 is 5.95 Å². The molecule has 78 valence electrons. The molecule has 1 fully saturated rings. The van der Waals surface area contributed by atoms with Crippen LogP contribution in [0, 0.1) is 0 Å². The number of imidazole rings is 1. The minimum Gasteiger partial charge on any atom is -0.381 e. The second-order valence-corrected chi connectivity index (χ2v) is 3.57. The quantitative estimate of drug-likeness (QED) is 0.794. The monoisotopic (exact) mass is 195 g/mol. The maximum Gasteiger partial charge on any atom is 0.202 e. The standard InChI is InChI=1S/C10H17N3O/c1-2-13-6-5-11-10(13)12-9-3-7-14-8-4-9/h5-6,9H,2-4,7-8H2,1H3,(H,11,12). The molecule has 1 aromatic heterocycles. The minimum atomic E-state index is 0.524. The highest BCUT2D eigenvalue weighted by Gasteiger charge is 2.14. The summed E-state index contributed by atoms with van der Waals surface area (Å²) in [5, 5.41) is 3.45. The number of aromatic nitrogens is 2. The number of hydrogen-bond donors (Lipinski definition) is 1. The van der Waals surface area contributed by atoms with Crippen molar-refractivity contribution in [3.63, 3.8) is 0 Å². The summed E-state index contributed by atoms with van der Waals surface area (Å²) in [6.45, 7) is 4.82. The van der Waals surface area contributed by atoms with Crippen LogP contribution in [0.4, 0.5) is 5.95 Å². The van der Waals surface area contributed by atoms with E-state index < -0.39 is 0 Å². The van der Waals surface area contributed by atoms with Gasteiger partial charge in [0, 0.05) is 38.2 Å². The van der Waals surface area contributed by atoms with Crippen molar-refractivity contribution in [2.24, 2.45) is 0 Å². The third kappa shape index (κ3) is 2.07. The molecule has 0 aromatic carbocycles. The summed E-state index contributed by atoms with van der Waals surface area (Å²) in [6.07, 6.45) is 6.00. The van der Waals surface area contributed by atoms with E-state index in [9.17, 15) is 0 Å². The zero-order valence-corrected chi connectivity index (χ0v) is 8.57. The van der Waals surface area contributed by atoms with Gasteiger partial charge in [-0.3, -0.25) is 0 Å². The number of nitrogens with one attached hydrogen (secondary N) is 1. The van der Waals surface area contributed by atoms with Crippen LogP contribution in [0.25, 0.3) is 0 Å². The van der Waals surface area contributed by atoms with Crippen molar-refractivity contribution in [1.29, 1.82) is 0 Å². The van der Waals surface area contributed by atoms with Gasteiger partial charge >= 0.3 is 0 Å². The minimum absolute atomic E-state index is 0.524. The number of rotatable bonds is 3. The lowest BCUT2D eigenvalue weighted by molar-refractivity contribution is 0.0902. The van der Waals surface area contributed by atoms with Crippen molar-refractivity contribution in [2.45, 2.75) is 32.4 Å². The van der Waals surface area contributed by atoms with Crippen LogP contribution < -0.4 is 5.32 Å². The van der Waals surface area contributed by atoms with E-state index in [1.165, 1.54) is 0 Å². The van der Waals surface area contributed by atoms with E-state index in [0.717, 1.165) is 38.5 Å². The zero-order chi connectivity index (χ0) is 9.80. The largest absolute Gasteiger partial charge is 0.381 e. The summed E-state index contributed by atoms with van der Waals surface area (Å²) in [4.78, 5) is 4.29. The fourth-order valence-corrected chi connectivity index (χ4v) is 1.73. The van der Waals surface area contributed by atoms with Crippen LogP contribution in [-0.4, -0.2) is 28.8 Å². The number of anilines is 1. The molecule has 4 nitrogen and oxygen atoms in total. The molecule has 0 radical (unpaired) electrons. The predicted molar refractivity (Wildman–Crippen MR) is 55.4 cm³/mol. The first-order valence-corrected chi connectivity index (χ1v) is 5.25. The average Bonchev–Trinajstić information content (AvgIpc) is 2.67. The number of hydrogen-bond acceptors (Lipinski definition) is 3. The van der Waals surface area contributed by atoms with Gasteiger partial charge in [-0.1, -0.05) is 0 Å². The molecular formula is C10H17N3O. The third-order valence-corrected chi connectivity index (χ3v) is 2.61. The highest BCUT2D eigenvalue weighted by Crippen LogP contribution is 2.13. The molecule has 0 atom stereocenters. The summed E-state index contributed by atoms with van der Waals surface area (Å²) in [5.41, 5.74) is 0. The van der Waals surface area contributed by atoms with E-state index in [-0.39, 0.29) is 0 Å². The van der Waals surface area contributed by atoms with Crippen LogP contribution in [0.1, 0.15) is 19.8 Å². The molecule has 0 bridgehead atoms. The number of nitrogens with zero attached hydrogens (tertiary/aromatic N) is 2. The molecule has 1 N–H and O–H groups in total. The Bertz CT molecular complexity index is 279. The Kier molecular flexibility index (Phi) is 3.03. The maximum atomic E-state index is 5.31. The Morgan fingerprint density at radius 2 is 2.36 bits per heavy atom. The second-order valence-electron chi connectivity index (χ2n) is 3.57. The Balaban J connectivity index is 1.95. The van der Waals surface area contributed by atoms with Crippen LogP contribution in [0.3, 0.4) is 0 Å². The highest BCUT2D eigenvalue weighted by atomic mass is 16.5.